The highest BCUT2D eigenvalue weighted by molar-refractivity contribution is 5.69. The molecule has 0 unspecified atom stereocenters. The van der Waals surface area contributed by atoms with E-state index in [1.165, 1.54) is 36.4 Å². The minimum Gasteiger partial charge on any atom is -0.328 e. The number of hydrogen-bond acceptors (Lipinski definition) is 10. The van der Waals surface area contributed by atoms with Gasteiger partial charge in [0.15, 0.2) is 0 Å². The van der Waals surface area contributed by atoms with Gasteiger partial charge in [-0.05, 0) is 12.1 Å². The van der Waals surface area contributed by atoms with E-state index in [1.807, 2.05) is 0 Å². The number of hydrogen-bond donors (Lipinski definition) is 0. The molecule has 0 radical (unpaired) electrons. The molecule has 0 amide bonds. The van der Waals surface area contributed by atoms with Crippen LogP contribution in [-0.4, -0.2) is 30.1 Å². The average Bonchev–Trinajstić information content (AvgIpc) is 3.37. The largest absolute Gasteiger partial charge is 0.328 e. The van der Waals surface area contributed by atoms with Gasteiger partial charge < -0.3 is 9.05 Å². The topological polar surface area (TPSA) is 164 Å². The summed E-state index contributed by atoms with van der Waals surface area (Å²) in [6.07, 6.45) is 0. The van der Waals surface area contributed by atoms with Crippen LogP contribution in [0.1, 0.15) is 0 Å². The average molecular weight is 380 g/mol. The van der Waals surface area contributed by atoms with Crippen LogP contribution in [0.3, 0.4) is 0 Å². The van der Waals surface area contributed by atoms with Gasteiger partial charge in [-0.15, -0.1) is 0 Å². The number of para-hydroxylation sites is 2. The molecule has 0 aliphatic heterocycles. The van der Waals surface area contributed by atoms with Crippen molar-refractivity contribution in [3.63, 3.8) is 0 Å². The van der Waals surface area contributed by atoms with E-state index >= 15 is 0 Å². The molecule has 4 rings (SSSR count). The lowest BCUT2D eigenvalue weighted by Crippen LogP contribution is -1.93. The van der Waals surface area contributed by atoms with Gasteiger partial charge in [-0.3, -0.25) is 20.2 Å². The first kappa shape index (κ1) is 17.0. The first-order chi connectivity index (χ1) is 13.5. The molecule has 12 nitrogen and oxygen atoms in total. The van der Waals surface area contributed by atoms with Gasteiger partial charge in [-0.25, -0.2) is 0 Å². The molecular weight excluding hydrogens is 372 g/mol. The standard InChI is InChI=1S/C16H8N6O6/c23-21(24)11-7-3-1-5-9(11)13-17-15(27-19-13)16-18-14(20-28-16)10-6-2-4-8-12(10)22(25)26/h1-8H. The van der Waals surface area contributed by atoms with Crippen LogP contribution in [0.5, 0.6) is 0 Å². The summed E-state index contributed by atoms with van der Waals surface area (Å²) in [5.41, 5.74) is -0.0798. The second-order valence-electron chi connectivity index (χ2n) is 5.39. The molecule has 12 heteroatoms. The normalized spacial score (nSPS) is 10.7. The minimum atomic E-state index is -0.565. The Morgan fingerprint density at radius 2 is 1.07 bits per heavy atom. The molecule has 0 saturated carbocycles. The predicted molar refractivity (Wildman–Crippen MR) is 91.8 cm³/mol. The molecule has 0 atom stereocenters. The van der Waals surface area contributed by atoms with E-state index in [1.54, 1.807) is 12.1 Å². The fourth-order valence-electron chi connectivity index (χ4n) is 2.48. The maximum absolute atomic E-state index is 11.1. The number of nitro groups is 2. The Morgan fingerprint density at radius 1 is 0.679 bits per heavy atom. The minimum absolute atomic E-state index is 0.0345. The molecule has 2 aromatic heterocycles. The summed E-state index contributed by atoms with van der Waals surface area (Å²) in [5, 5.41) is 29.7. The third kappa shape index (κ3) is 2.94. The van der Waals surface area contributed by atoms with Crippen molar-refractivity contribution in [3.8, 4) is 34.6 Å². The van der Waals surface area contributed by atoms with E-state index in [9.17, 15) is 20.2 Å². The van der Waals surface area contributed by atoms with E-state index < -0.39 is 9.85 Å². The number of benzene rings is 2. The third-order valence-electron chi connectivity index (χ3n) is 3.72. The van der Waals surface area contributed by atoms with Gasteiger partial charge in [0.05, 0.1) is 9.85 Å². The highest BCUT2D eigenvalue weighted by Crippen LogP contribution is 2.31. The van der Waals surface area contributed by atoms with Gasteiger partial charge in [-0.2, -0.15) is 9.97 Å². The second kappa shape index (κ2) is 6.68. The van der Waals surface area contributed by atoms with E-state index in [0.29, 0.717) is 0 Å². The molecule has 28 heavy (non-hydrogen) atoms. The highest BCUT2D eigenvalue weighted by atomic mass is 16.6. The highest BCUT2D eigenvalue weighted by Gasteiger charge is 2.24. The zero-order chi connectivity index (χ0) is 19.7. The summed E-state index contributed by atoms with van der Waals surface area (Å²) in [4.78, 5) is 29.2. The fraction of sp³-hybridized carbons (Fsp3) is 0. The molecule has 2 aromatic carbocycles. The maximum atomic E-state index is 11.1. The van der Waals surface area contributed by atoms with E-state index in [4.69, 9.17) is 9.05 Å². The van der Waals surface area contributed by atoms with Gasteiger partial charge in [0.25, 0.3) is 11.4 Å². The monoisotopic (exact) mass is 380 g/mol. The lowest BCUT2D eigenvalue weighted by molar-refractivity contribution is -0.384. The number of nitro benzene ring substituents is 2. The summed E-state index contributed by atoms with van der Waals surface area (Å²) < 4.78 is 10.1. The van der Waals surface area contributed by atoms with Crippen LogP contribution in [0.4, 0.5) is 11.4 Å². The van der Waals surface area contributed by atoms with Crippen molar-refractivity contribution in [3.05, 3.63) is 68.8 Å². The molecule has 4 aromatic rings. The van der Waals surface area contributed by atoms with Crippen molar-refractivity contribution in [2.45, 2.75) is 0 Å². The van der Waals surface area contributed by atoms with Crippen LogP contribution in [0.15, 0.2) is 57.6 Å². The molecule has 0 bridgehead atoms. The van der Waals surface area contributed by atoms with Gasteiger partial charge >= 0.3 is 11.8 Å². The molecule has 0 N–H and O–H groups in total. The third-order valence-corrected chi connectivity index (χ3v) is 3.72. The Labute approximate surface area is 154 Å². The molecule has 138 valence electrons. The zero-order valence-corrected chi connectivity index (χ0v) is 13.8. The number of nitrogens with zero attached hydrogens (tertiary/aromatic N) is 6. The van der Waals surface area contributed by atoms with Crippen molar-refractivity contribution >= 4 is 11.4 Å². The summed E-state index contributed by atoms with van der Waals surface area (Å²) in [6.45, 7) is 0. The van der Waals surface area contributed by atoms with E-state index in [2.05, 4.69) is 20.3 Å². The number of rotatable bonds is 5. The van der Waals surface area contributed by atoms with Crippen LogP contribution < -0.4 is 0 Å². The Balaban J connectivity index is 1.71. The number of aromatic nitrogens is 4. The smallest absolute Gasteiger partial charge is 0.316 e. The molecule has 0 spiro atoms. The van der Waals surface area contributed by atoms with Crippen LogP contribution >= 0.6 is 0 Å². The molecule has 0 aliphatic rings. The summed E-state index contributed by atoms with van der Waals surface area (Å²) in [5.74, 6) is -0.420. The predicted octanol–water partition coefficient (Wildman–Crippen LogP) is 3.27. The van der Waals surface area contributed by atoms with Gasteiger partial charge in [0.1, 0.15) is 11.1 Å². The van der Waals surface area contributed by atoms with Gasteiger partial charge in [0.2, 0.25) is 11.6 Å². The van der Waals surface area contributed by atoms with Crippen LogP contribution in [0, 0.1) is 20.2 Å². The molecule has 0 aliphatic carbocycles. The Hall–Kier alpha value is -4.48. The summed E-state index contributed by atoms with van der Waals surface area (Å²) in [6, 6.07) is 11.8. The second-order valence-corrected chi connectivity index (χ2v) is 5.39. The van der Waals surface area contributed by atoms with E-state index in [-0.39, 0.29) is 45.9 Å². The first-order valence-electron chi connectivity index (χ1n) is 7.70. The molecule has 0 saturated heterocycles. The van der Waals surface area contributed by atoms with E-state index in [0.717, 1.165) is 0 Å². The summed E-state index contributed by atoms with van der Waals surface area (Å²) in [7, 11) is 0. The van der Waals surface area contributed by atoms with Crippen LogP contribution in [0.2, 0.25) is 0 Å². The van der Waals surface area contributed by atoms with Crippen molar-refractivity contribution in [1.82, 2.24) is 20.3 Å². The first-order valence-corrected chi connectivity index (χ1v) is 7.70. The quantitative estimate of drug-likeness (QED) is 0.370. The lowest BCUT2D eigenvalue weighted by atomic mass is 10.2. The van der Waals surface area contributed by atoms with Gasteiger partial charge in [0, 0.05) is 12.1 Å². The summed E-state index contributed by atoms with van der Waals surface area (Å²) >= 11 is 0. The van der Waals surface area contributed by atoms with Crippen molar-refractivity contribution in [2.24, 2.45) is 0 Å². The fourth-order valence-corrected chi connectivity index (χ4v) is 2.48. The van der Waals surface area contributed by atoms with Crippen LogP contribution in [-0.2, 0) is 0 Å². The SMILES string of the molecule is O=[N+]([O-])c1ccccc1-c1noc(-c2nc(-c3ccccc3[N+](=O)[O-])no2)n1. The molecule has 2 heterocycles. The molecular formula is C16H8N6O6. The van der Waals surface area contributed by atoms with Gasteiger partial charge in [-0.1, -0.05) is 34.6 Å². The maximum Gasteiger partial charge on any atom is 0.316 e. The lowest BCUT2D eigenvalue weighted by Gasteiger charge is -1.96. The Bertz CT molecular complexity index is 1110. The molecule has 0 fully saturated rings. The Morgan fingerprint density at radius 3 is 1.46 bits per heavy atom. The van der Waals surface area contributed by atoms with Crippen molar-refractivity contribution in [1.29, 1.82) is 0 Å². The Kier molecular flexibility index (Phi) is 4.04. The zero-order valence-electron chi connectivity index (χ0n) is 13.8. The van der Waals surface area contributed by atoms with Crippen LogP contribution in [0.25, 0.3) is 34.6 Å². The van der Waals surface area contributed by atoms with Crippen molar-refractivity contribution < 1.29 is 18.9 Å². The van der Waals surface area contributed by atoms with Crippen molar-refractivity contribution in [2.75, 3.05) is 0 Å².